The van der Waals surface area contributed by atoms with Gasteiger partial charge in [-0.1, -0.05) is 24.3 Å². The highest BCUT2D eigenvalue weighted by molar-refractivity contribution is 5.97. The van der Waals surface area contributed by atoms with Crippen LogP contribution in [0.4, 0.5) is 11.4 Å². The van der Waals surface area contributed by atoms with Gasteiger partial charge in [0.1, 0.15) is 0 Å². The molecule has 0 fully saturated rings. The van der Waals surface area contributed by atoms with Gasteiger partial charge in [-0.2, -0.15) is 0 Å². The minimum Gasteiger partial charge on any atom is -0.398 e. The van der Waals surface area contributed by atoms with E-state index in [4.69, 9.17) is 5.73 Å². The average Bonchev–Trinajstić information content (AvgIpc) is 2.23. The van der Waals surface area contributed by atoms with Gasteiger partial charge in [-0.05, 0) is 12.3 Å². The topological polar surface area (TPSA) is 69.2 Å². The van der Waals surface area contributed by atoms with Crippen molar-refractivity contribution in [2.45, 2.75) is 6.92 Å². The van der Waals surface area contributed by atoms with E-state index in [1.807, 2.05) is 24.3 Å². The number of nitrogens with zero attached hydrogens (tertiary/aromatic N) is 1. The summed E-state index contributed by atoms with van der Waals surface area (Å²) < 4.78 is 0. The van der Waals surface area contributed by atoms with Crippen molar-refractivity contribution in [1.82, 2.24) is 0 Å². The molecule has 2 rings (SSSR count). The number of nitro groups is 1. The number of nitrogen functional groups attached to an aromatic ring is 1. The Morgan fingerprint density at radius 1 is 1.27 bits per heavy atom. The molecule has 4 nitrogen and oxygen atoms in total. The van der Waals surface area contributed by atoms with Gasteiger partial charge in [-0.3, -0.25) is 10.1 Å². The van der Waals surface area contributed by atoms with Crippen LogP contribution in [0.5, 0.6) is 0 Å². The summed E-state index contributed by atoms with van der Waals surface area (Å²) in [4.78, 5) is 10.4. The van der Waals surface area contributed by atoms with Crippen molar-refractivity contribution in [3.8, 4) is 0 Å². The van der Waals surface area contributed by atoms with Crippen LogP contribution in [0.1, 0.15) is 5.56 Å². The molecule has 0 aliphatic rings. The first kappa shape index (κ1) is 9.45. The summed E-state index contributed by atoms with van der Waals surface area (Å²) in [5.41, 5.74) is 6.94. The van der Waals surface area contributed by atoms with Crippen molar-refractivity contribution in [3.05, 3.63) is 46.0 Å². The van der Waals surface area contributed by atoms with Crippen LogP contribution in [0.2, 0.25) is 0 Å². The Morgan fingerprint density at radius 3 is 2.47 bits per heavy atom. The molecular formula is C11H10N2O2. The smallest absolute Gasteiger partial charge is 0.274 e. The van der Waals surface area contributed by atoms with Crippen molar-refractivity contribution in [1.29, 1.82) is 0 Å². The quantitative estimate of drug-likeness (QED) is 0.439. The number of anilines is 1. The Kier molecular flexibility index (Phi) is 2.04. The van der Waals surface area contributed by atoms with Crippen LogP contribution in [0.3, 0.4) is 0 Å². The zero-order valence-corrected chi connectivity index (χ0v) is 8.23. The Balaban J connectivity index is 2.90. The van der Waals surface area contributed by atoms with Crippen LogP contribution < -0.4 is 5.73 Å². The zero-order chi connectivity index (χ0) is 11.0. The Hall–Kier alpha value is -2.10. The van der Waals surface area contributed by atoms with Crippen molar-refractivity contribution >= 4 is 22.1 Å². The SMILES string of the molecule is Cc1c([N+](=O)[O-])cc(N)c2ccccc12. The molecule has 0 aliphatic heterocycles. The largest absolute Gasteiger partial charge is 0.398 e. The first-order valence-corrected chi connectivity index (χ1v) is 4.53. The van der Waals surface area contributed by atoms with E-state index in [-0.39, 0.29) is 5.69 Å². The highest BCUT2D eigenvalue weighted by Gasteiger charge is 2.14. The van der Waals surface area contributed by atoms with Crippen molar-refractivity contribution in [2.24, 2.45) is 0 Å². The van der Waals surface area contributed by atoms with Crippen LogP contribution in [0.15, 0.2) is 30.3 Å². The fraction of sp³-hybridized carbons (Fsp3) is 0.0909. The molecule has 0 aromatic heterocycles. The summed E-state index contributed by atoms with van der Waals surface area (Å²) in [5, 5.41) is 12.5. The normalized spacial score (nSPS) is 10.5. The second-order valence-corrected chi connectivity index (χ2v) is 3.41. The Bertz CT molecular complexity index is 550. The van der Waals surface area contributed by atoms with Gasteiger partial charge in [0, 0.05) is 22.7 Å². The maximum absolute atomic E-state index is 10.8. The third-order valence-electron chi connectivity index (χ3n) is 2.52. The van der Waals surface area contributed by atoms with Crippen LogP contribution in [-0.4, -0.2) is 4.92 Å². The molecule has 0 heterocycles. The van der Waals surface area contributed by atoms with Gasteiger partial charge in [-0.25, -0.2) is 0 Å². The lowest BCUT2D eigenvalue weighted by atomic mass is 10.0. The summed E-state index contributed by atoms with van der Waals surface area (Å²) in [6, 6.07) is 8.83. The molecule has 2 N–H and O–H groups in total. The van der Waals surface area contributed by atoms with Gasteiger partial charge >= 0.3 is 0 Å². The van der Waals surface area contributed by atoms with Crippen molar-refractivity contribution in [3.63, 3.8) is 0 Å². The lowest BCUT2D eigenvalue weighted by Gasteiger charge is -2.05. The third kappa shape index (κ3) is 1.40. The number of hydrogen-bond acceptors (Lipinski definition) is 3. The first-order valence-electron chi connectivity index (χ1n) is 4.53. The first-order chi connectivity index (χ1) is 7.11. The fourth-order valence-corrected chi connectivity index (χ4v) is 1.72. The number of aryl methyl sites for hydroxylation is 1. The molecule has 15 heavy (non-hydrogen) atoms. The lowest BCUT2D eigenvalue weighted by Crippen LogP contribution is -1.96. The summed E-state index contributed by atoms with van der Waals surface area (Å²) in [5.74, 6) is 0. The minimum absolute atomic E-state index is 0.0752. The lowest BCUT2D eigenvalue weighted by molar-refractivity contribution is -0.385. The number of benzene rings is 2. The summed E-state index contributed by atoms with van der Waals surface area (Å²) in [6.07, 6.45) is 0. The number of nitro benzene ring substituents is 1. The summed E-state index contributed by atoms with van der Waals surface area (Å²) >= 11 is 0. The van der Waals surface area contributed by atoms with Gasteiger partial charge in [0.05, 0.1) is 4.92 Å². The maximum Gasteiger partial charge on any atom is 0.274 e. The number of rotatable bonds is 1. The van der Waals surface area contributed by atoms with E-state index in [0.29, 0.717) is 11.3 Å². The summed E-state index contributed by atoms with van der Waals surface area (Å²) in [6.45, 7) is 1.74. The van der Waals surface area contributed by atoms with Crippen LogP contribution in [0, 0.1) is 17.0 Å². The average molecular weight is 202 g/mol. The van der Waals surface area contributed by atoms with Crippen LogP contribution in [-0.2, 0) is 0 Å². The highest BCUT2D eigenvalue weighted by Crippen LogP contribution is 2.31. The van der Waals surface area contributed by atoms with Gasteiger partial charge in [0.2, 0.25) is 0 Å². The number of nitrogens with two attached hydrogens (primary N) is 1. The minimum atomic E-state index is -0.405. The van der Waals surface area contributed by atoms with E-state index < -0.39 is 4.92 Å². The van der Waals surface area contributed by atoms with Crippen molar-refractivity contribution < 1.29 is 4.92 Å². The van der Waals surface area contributed by atoms with Gasteiger partial charge in [0.15, 0.2) is 0 Å². The van der Waals surface area contributed by atoms with Crippen LogP contribution in [0.25, 0.3) is 10.8 Å². The highest BCUT2D eigenvalue weighted by atomic mass is 16.6. The van der Waals surface area contributed by atoms with Crippen LogP contribution >= 0.6 is 0 Å². The molecular weight excluding hydrogens is 192 g/mol. The summed E-state index contributed by atoms with van der Waals surface area (Å²) in [7, 11) is 0. The Labute approximate surface area is 86.5 Å². The molecule has 0 spiro atoms. The molecule has 0 amide bonds. The third-order valence-corrected chi connectivity index (χ3v) is 2.52. The van der Waals surface area contributed by atoms with Gasteiger partial charge in [-0.15, -0.1) is 0 Å². The molecule has 0 atom stereocenters. The molecule has 0 saturated carbocycles. The number of fused-ring (bicyclic) bond motifs is 1. The molecule has 0 aliphatic carbocycles. The molecule has 4 heteroatoms. The van der Waals surface area contributed by atoms with E-state index in [1.165, 1.54) is 6.07 Å². The second-order valence-electron chi connectivity index (χ2n) is 3.41. The predicted octanol–water partition coefficient (Wildman–Crippen LogP) is 2.64. The van der Waals surface area contributed by atoms with Gasteiger partial charge < -0.3 is 5.73 Å². The van der Waals surface area contributed by atoms with Crippen molar-refractivity contribution in [2.75, 3.05) is 5.73 Å². The maximum atomic E-state index is 10.8. The number of hydrogen-bond donors (Lipinski definition) is 1. The molecule has 0 unspecified atom stereocenters. The standard InChI is InChI=1S/C11H10N2O2/c1-7-8-4-2-3-5-9(8)10(12)6-11(7)13(14)15/h2-6H,12H2,1H3. The monoisotopic (exact) mass is 202 g/mol. The second kappa shape index (κ2) is 3.24. The molecule has 2 aromatic carbocycles. The van der Waals surface area contributed by atoms with E-state index in [2.05, 4.69) is 0 Å². The molecule has 0 radical (unpaired) electrons. The predicted molar refractivity (Wildman–Crippen MR) is 59.8 cm³/mol. The molecule has 2 aromatic rings. The molecule has 0 saturated heterocycles. The molecule has 0 bridgehead atoms. The Morgan fingerprint density at radius 2 is 1.87 bits per heavy atom. The zero-order valence-electron chi connectivity index (χ0n) is 8.23. The van der Waals surface area contributed by atoms with E-state index in [0.717, 1.165) is 10.8 Å². The molecule has 76 valence electrons. The van der Waals surface area contributed by atoms with Gasteiger partial charge in [0.25, 0.3) is 5.69 Å². The van der Waals surface area contributed by atoms with E-state index >= 15 is 0 Å². The fourth-order valence-electron chi connectivity index (χ4n) is 1.72. The van der Waals surface area contributed by atoms with E-state index in [9.17, 15) is 10.1 Å². The van der Waals surface area contributed by atoms with E-state index in [1.54, 1.807) is 6.92 Å².